The summed E-state index contributed by atoms with van der Waals surface area (Å²) < 4.78 is 6.07. The van der Waals surface area contributed by atoms with Crippen LogP contribution in [0, 0.1) is 0 Å². The molecular weight excluding hydrogens is 300 g/mol. The van der Waals surface area contributed by atoms with E-state index in [9.17, 15) is 4.79 Å². The maximum absolute atomic E-state index is 11.0. The van der Waals surface area contributed by atoms with Gasteiger partial charge in [0.15, 0.2) is 0 Å². The smallest absolute Gasteiger partial charge is 0.341 e. The summed E-state index contributed by atoms with van der Waals surface area (Å²) in [5.74, 6) is -0.857. The number of carbonyl (C=O) groups is 1. The molecule has 0 aromatic carbocycles. The Kier molecular flexibility index (Phi) is 4.19. The first kappa shape index (κ1) is 13.3. The normalized spacial score (nSPS) is 14.8. The molecule has 0 radical (unpaired) electrons. The van der Waals surface area contributed by atoms with Crippen molar-refractivity contribution in [2.45, 2.75) is 18.9 Å². The lowest BCUT2D eigenvalue weighted by Gasteiger charge is -2.16. The molecule has 1 fully saturated rings. The molecule has 98 valence electrons. The minimum atomic E-state index is -1.03. The second kappa shape index (κ2) is 5.67. The third-order valence-electron chi connectivity index (χ3n) is 2.90. The Hall–Kier alpha value is -1.14. The quantitative estimate of drug-likeness (QED) is 0.870. The van der Waals surface area contributed by atoms with Crippen LogP contribution in [-0.2, 0) is 0 Å². The Morgan fingerprint density at radius 1 is 1.67 bits per heavy atom. The summed E-state index contributed by atoms with van der Waals surface area (Å²) >= 11 is 3.19. The van der Waals surface area contributed by atoms with E-state index < -0.39 is 5.97 Å². The monoisotopic (exact) mass is 314 g/mol. The second-order valence-corrected chi connectivity index (χ2v) is 5.29. The van der Waals surface area contributed by atoms with Crippen LogP contribution in [0.25, 0.3) is 0 Å². The highest BCUT2D eigenvalue weighted by molar-refractivity contribution is 9.10. The summed E-state index contributed by atoms with van der Waals surface area (Å²) in [6.45, 7) is 1.23. The van der Waals surface area contributed by atoms with E-state index in [1.807, 2.05) is 7.05 Å². The molecule has 0 bridgehead atoms. The van der Waals surface area contributed by atoms with Gasteiger partial charge in [0.1, 0.15) is 12.2 Å². The van der Waals surface area contributed by atoms with Crippen molar-refractivity contribution in [3.63, 3.8) is 0 Å². The van der Waals surface area contributed by atoms with Crippen LogP contribution in [0.2, 0.25) is 0 Å². The number of aromatic nitrogens is 1. The van der Waals surface area contributed by atoms with Gasteiger partial charge in [-0.1, -0.05) is 0 Å². The van der Waals surface area contributed by atoms with Crippen molar-refractivity contribution >= 4 is 21.9 Å². The maximum atomic E-state index is 11.0. The topological polar surface area (TPSA) is 62.7 Å². The lowest BCUT2D eigenvalue weighted by molar-refractivity contribution is 0.0690. The fraction of sp³-hybridized carbons (Fsp3) is 0.500. The van der Waals surface area contributed by atoms with E-state index in [-0.39, 0.29) is 11.4 Å². The molecule has 1 N–H and O–H groups in total. The second-order valence-electron chi connectivity index (χ2n) is 4.37. The summed E-state index contributed by atoms with van der Waals surface area (Å²) in [6.07, 6.45) is 4.02. The number of halogens is 1. The van der Waals surface area contributed by atoms with Crippen LogP contribution in [0.5, 0.6) is 5.88 Å². The molecule has 0 saturated heterocycles. The molecule has 6 heteroatoms. The van der Waals surface area contributed by atoms with Gasteiger partial charge in [0.25, 0.3) is 0 Å². The number of pyridine rings is 1. The molecule has 0 unspecified atom stereocenters. The fourth-order valence-electron chi connectivity index (χ4n) is 1.68. The van der Waals surface area contributed by atoms with Crippen LogP contribution in [0.4, 0.5) is 0 Å². The zero-order valence-electron chi connectivity index (χ0n) is 10.1. The Bertz CT molecular complexity index is 449. The third kappa shape index (κ3) is 3.43. The van der Waals surface area contributed by atoms with Gasteiger partial charge in [0, 0.05) is 23.3 Å². The Balaban J connectivity index is 1.93. The minimum Gasteiger partial charge on any atom is -0.477 e. The molecule has 1 heterocycles. The van der Waals surface area contributed by atoms with Gasteiger partial charge in [0.05, 0.1) is 0 Å². The average molecular weight is 315 g/mol. The zero-order valence-corrected chi connectivity index (χ0v) is 11.7. The average Bonchev–Trinajstić information content (AvgIpc) is 3.14. The maximum Gasteiger partial charge on any atom is 0.341 e. The van der Waals surface area contributed by atoms with Crippen molar-refractivity contribution < 1.29 is 14.6 Å². The highest BCUT2D eigenvalue weighted by Crippen LogP contribution is 2.25. The highest BCUT2D eigenvalue weighted by Gasteiger charge is 2.25. The zero-order chi connectivity index (χ0) is 13.1. The predicted octanol–water partition coefficient (Wildman–Crippen LogP) is 2.02. The summed E-state index contributed by atoms with van der Waals surface area (Å²) in [5, 5.41) is 9.05. The van der Waals surface area contributed by atoms with Crippen molar-refractivity contribution in [1.29, 1.82) is 0 Å². The van der Waals surface area contributed by atoms with Gasteiger partial charge < -0.3 is 14.7 Å². The number of carboxylic acids is 1. The molecule has 1 aromatic rings. The van der Waals surface area contributed by atoms with E-state index >= 15 is 0 Å². The van der Waals surface area contributed by atoms with E-state index in [1.165, 1.54) is 25.1 Å². The summed E-state index contributed by atoms with van der Waals surface area (Å²) in [6, 6.07) is 2.17. The molecule has 1 aliphatic carbocycles. The Morgan fingerprint density at radius 3 is 3.00 bits per heavy atom. The molecule has 2 rings (SSSR count). The number of aromatic carboxylic acids is 1. The van der Waals surface area contributed by atoms with E-state index in [2.05, 4.69) is 25.8 Å². The van der Waals surface area contributed by atoms with Gasteiger partial charge in [-0.2, -0.15) is 0 Å². The molecule has 0 spiro atoms. The molecular formula is C12H15BrN2O3. The van der Waals surface area contributed by atoms with Crippen molar-refractivity contribution in [3.8, 4) is 5.88 Å². The van der Waals surface area contributed by atoms with Gasteiger partial charge in [-0.05, 0) is 41.9 Å². The fourth-order valence-corrected chi connectivity index (χ4v) is 2.01. The number of ether oxygens (including phenoxy) is 1. The Morgan fingerprint density at radius 2 is 2.39 bits per heavy atom. The lowest BCUT2D eigenvalue weighted by atomic mass is 10.3. The molecule has 1 aliphatic rings. The minimum absolute atomic E-state index is 0.0819. The van der Waals surface area contributed by atoms with Crippen LogP contribution >= 0.6 is 15.9 Å². The molecule has 5 nitrogen and oxygen atoms in total. The van der Waals surface area contributed by atoms with Gasteiger partial charge in [0.2, 0.25) is 5.88 Å². The van der Waals surface area contributed by atoms with Gasteiger partial charge in [-0.25, -0.2) is 9.78 Å². The van der Waals surface area contributed by atoms with Crippen LogP contribution in [0.1, 0.15) is 23.2 Å². The van der Waals surface area contributed by atoms with Gasteiger partial charge >= 0.3 is 5.97 Å². The molecule has 1 aromatic heterocycles. The van der Waals surface area contributed by atoms with E-state index in [0.717, 1.165) is 6.54 Å². The summed E-state index contributed by atoms with van der Waals surface area (Å²) in [5.41, 5.74) is 0.0819. The Labute approximate surface area is 114 Å². The van der Waals surface area contributed by atoms with Crippen molar-refractivity contribution in [2.75, 3.05) is 20.2 Å². The van der Waals surface area contributed by atoms with Crippen molar-refractivity contribution in [2.24, 2.45) is 0 Å². The van der Waals surface area contributed by atoms with Crippen molar-refractivity contribution in [1.82, 2.24) is 9.88 Å². The SMILES string of the molecule is CN(CCOc1ncc(Br)cc1C(=O)O)C1CC1. The predicted molar refractivity (Wildman–Crippen MR) is 70.0 cm³/mol. The number of likely N-dealkylation sites (N-methyl/N-ethyl adjacent to an activating group) is 1. The van der Waals surface area contributed by atoms with Crippen LogP contribution in [0.15, 0.2) is 16.7 Å². The van der Waals surface area contributed by atoms with Crippen LogP contribution < -0.4 is 4.74 Å². The van der Waals surface area contributed by atoms with Gasteiger partial charge in [-0.3, -0.25) is 0 Å². The number of hydrogen-bond donors (Lipinski definition) is 1. The van der Waals surface area contributed by atoms with E-state index in [4.69, 9.17) is 9.84 Å². The largest absolute Gasteiger partial charge is 0.477 e. The molecule has 18 heavy (non-hydrogen) atoms. The first-order chi connectivity index (χ1) is 8.58. The first-order valence-corrected chi connectivity index (χ1v) is 6.59. The highest BCUT2D eigenvalue weighted by atomic mass is 79.9. The van der Waals surface area contributed by atoms with Gasteiger partial charge in [-0.15, -0.1) is 0 Å². The standard InChI is InChI=1S/C12H15BrN2O3/c1-15(9-2-3-9)4-5-18-11-10(12(16)17)6-8(13)7-14-11/h6-7,9H,2-5H2,1H3,(H,16,17). The van der Waals surface area contributed by atoms with E-state index in [1.54, 1.807) is 0 Å². The number of carboxylic acid groups (broad SMARTS) is 1. The lowest BCUT2D eigenvalue weighted by Crippen LogP contribution is -2.26. The third-order valence-corrected chi connectivity index (χ3v) is 3.33. The molecule has 0 amide bonds. The molecule has 1 saturated carbocycles. The van der Waals surface area contributed by atoms with Crippen LogP contribution in [-0.4, -0.2) is 47.2 Å². The molecule has 0 aliphatic heterocycles. The van der Waals surface area contributed by atoms with Crippen LogP contribution in [0.3, 0.4) is 0 Å². The number of nitrogens with zero attached hydrogens (tertiary/aromatic N) is 2. The summed E-state index contributed by atoms with van der Waals surface area (Å²) in [4.78, 5) is 17.2. The first-order valence-electron chi connectivity index (χ1n) is 5.80. The summed E-state index contributed by atoms with van der Waals surface area (Å²) in [7, 11) is 2.05. The van der Waals surface area contributed by atoms with E-state index in [0.29, 0.717) is 17.1 Å². The number of rotatable bonds is 6. The molecule has 0 atom stereocenters. The number of hydrogen-bond acceptors (Lipinski definition) is 4. The van der Waals surface area contributed by atoms with Crippen molar-refractivity contribution in [3.05, 3.63) is 22.3 Å².